The van der Waals surface area contributed by atoms with Gasteiger partial charge < -0.3 is 10.4 Å². The van der Waals surface area contributed by atoms with Crippen molar-refractivity contribution in [2.24, 2.45) is 0 Å². The molecule has 5 nitrogen and oxygen atoms in total. The zero-order valence-corrected chi connectivity index (χ0v) is 16.4. The zero-order valence-electron chi connectivity index (χ0n) is 14.8. The highest BCUT2D eigenvalue weighted by Crippen LogP contribution is 2.34. The van der Waals surface area contributed by atoms with Crippen molar-refractivity contribution in [3.05, 3.63) is 64.6 Å². The van der Waals surface area contributed by atoms with E-state index in [9.17, 15) is 14.7 Å². The van der Waals surface area contributed by atoms with Crippen LogP contribution in [-0.2, 0) is 9.59 Å². The molecular formula is C20H18N2O3S2. The first-order valence-electron chi connectivity index (χ1n) is 8.29. The number of aromatic hydroxyl groups is 1. The molecule has 1 aliphatic heterocycles. The molecule has 27 heavy (non-hydrogen) atoms. The smallest absolute Gasteiger partial charge is 0.266 e. The summed E-state index contributed by atoms with van der Waals surface area (Å²) in [7, 11) is 0. The number of phenols is 1. The Morgan fingerprint density at radius 2 is 1.89 bits per heavy atom. The van der Waals surface area contributed by atoms with Crippen LogP contribution in [0, 0.1) is 6.92 Å². The lowest BCUT2D eigenvalue weighted by Gasteiger charge is -2.22. The molecule has 3 rings (SSSR count). The van der Waals surface area contributed by atoms with Crippen molar-refractivity contribution >= 4 is 51.9 Å². The topological polar surface area (TPSA) is 69.6 Å². The molecule has 2 aromatic carbocycles. The number of anilines is 1. The monoisotopic (exact) mass is 398 g/mol. The standard InChI is InChI=1S/C20H18N2O3S2/c1-12-5-3-4-6-14(12)11-17-19(25)22(20(26)27-17)13(2)18(24)21-15-7-9-16(23)10-8-15/h3-11,13,23H,1-2H3,(H,21,24)/b17-11-. The van der Waals surface area contributed by atoms with Crippen LogP contribution in [0.1, 0.15) is 18.1 Å². The molecule has 1 heterocycles. The maximum Gasteiger partial charge on any atom is 0.266 e. The van der Waals surface area contributed by atoms with Gasteiger partial charge in [-0.15, -0.1) is 0 Å². The van der Waals surface area contributed by atoms with Gasteiger partial charge in [-0.1, -0.05) is 48.2 Å². The molecule has 0 bridgehead atoms. The van der Waals surface area contributed by atoms with Crippen LogP contribution in [0.2, 0.25) is 0 Å². The lowest BCUT2D eigenvalue weighted by atomic mass is 10.1. The van der Waals surface area contributed by atoms with E-state index in [1.807, 2.05) is 31.2 Å². The lowest BCUT2D eigenvalue weighted by molar-refractivity contribution is -0.129. The van der Waals surface area contributed by atoms with E-state index < -0.39 is 6.04 Å². The average Bonchev–Trinajstić information content (AvgIpc) is 2.92. The van der Waals surface area contributed by atoms with Gasteiger partial charge in [0.1, 0.15) is 16.1 Å². The number of phenolic OH excluding ortho intramolecular Hbond substituents is 1. The fourth-order valence-electron chi connectivity index (χ4n) is 2.61. The third-order valence-corrected chi connectivity index (χ3v) is 5.53. The Hall–Kier alpha value is -2.64. The second kappa shape index (κ2) is 7.94. The van der Waals surface area contributed by atoms with Gasteiger partial charge in [0.25, 0.3) is 5.91 Å². The summed E-state index contributed by atoms with van der Waals surface area (Å²) in [6, 6.07) is 13.1. The van der Waals surface area contributed by atoms with Gasteiger partial charge >= 0.3 is 0 Å². The third-order valence-electron chi connectivity index (χ3n) is 4.20. The Kier molecular flexibility index (Phi) is 5.62. The SMILES string of the molecule is Cc1ccccc1/C=C1\SC(=S)N(C(C)C(=O)Nc2ccc(O)cc2)C1=O. The second-order valence-corrected chi connectivity index (χ2v) is 7.80. The molecule has 1 aliphatic rings. The first kappa shape index (κ1) is 19.1. The molecule has 2 amide bonds. The van der Waals surface area contributed by atoms with E-state index in [0.717, 1.165) is 11.1 Å². The van der Waals surface area contributed by atoms with E-state index in [4.69, 9.17) is 12.2 Å². The Morgan fingerprint density at radius 1 is 1.22 bits per heavy atom. The Bertz CT molecular complexity index is 938. The van der Waals surface area contributed by atoms with Gasteiger partial charge in [0.05, 0.1) is 4.91 Å². The van der Waals surface area contributed by atoms with Crippen LogP contribution in [0.25, 0.3) is 6.08 Å². The zero-order chi connectivity index (χ0) is 19.6. The number of rotatable bonds is 4. The molecule has 1 atom stereocenters. The fourth-order valence-corrected chi connectivity index (χ4v) is 4.02. The van der Waals surface area contributed by atoms with Gasteiger partial charge in [0, 0.05) is 5.69 Å². The van der Waals surface area contributed by atoms with Crippen molar-refractivity contribution in [3.8, 4) is 5.75 Å². The van der Waals surface area contributed by atoms with Crippen molar-refractivity contribution < 1.29 is 14.7 Å². The number of thiocarbonyl (C=S) groups is 1. The Labute approximate surface area is 167 Å². The molecule has 138 valence electrons. The number of thioether (sulfide) groups is 1. The number of hydrogen-bond acceptors (Lipinski definition) is 5. The predicted molar refractivity (Wildman–Crippen MR) is 112 cm³/mol. The maximum atomic E-state index is 12.8. The number of hydrogen-bond donors (Lipinski definition) is 2. The summed E-state index contributed by atoms with van der Waals surface area (Å²) < 4.78 is 0.355. The quantitative estimate of drug-likeness (QED) is 0.464. The second-order valence-electron chi connectivity index (χ2n) is 6.12. The normalized spacial score (nSPS) is 16.7. The minimum Gasteiger partial charge on any atom is -0.508 e. The molecule has 2 aromatic rings. The summed E-state index contributed by atoms with van der Waals surface area (Å²) in [5, 5.41) is 12.0. The van der Waals surface area contributed by atoms with Crippen LogP contribution in [0.15, 0.2) is 53.4 Å². The van der Waals surface area contributed by atoms with Crippen LogP contribution in [0.4, 0.5) is 5.69 Å². The number of nitrogens with zero attached hydrogens (tertiary/aromatic N) is 1. The Balaban J connectivity index is 1.77. The highest BCUT2D eigenvalue weighted by Gasteiger charge is 2.38. The van der Waals surface area contributed by atoms with Crippen molar-refractivity contribution in [3.63, 3.8) is 0 Å². The van der Waals surface area contributed by atoms with Gasteiger partial charge in [0.2, 0.25) is 5.91 Å². The number of nitrogens with one attached hydrogen (secondary N) is 1. The van der Waals surface area contributed by atoms with Crippen LogP contribution in [-0.4, -0.2) is 32.2 Å². The van der Waals surface area contributed by atoms with Crippen molar-refractivity contribution in [2.75, 3.05) is 5.32 Å². The molecule has 1 saturated heterocycles. The first-order chi connectivity index (χ1) is 12.9. The van der Waals surface area contributed by atoms with Crippen LogP contribution < -0.4 is 5.32 Å². The maximum absolute atomic E-state index is 12.8. The summed E-state index contributed by atoms with van der Waals surface area (Å²) >= 11 is 6.53. The number of carbonyl (C=O) groups is 2. The molecule has 0 aliphatic carbocycles. The highest BCUT2D eigenvalue weighted by atomic mass is 32.2. The molecule has 0 aromatic heterocycles. The average molecular weight is 399 g/mol. The summed E-state index contributed by atoms with van der Waals surface area (Å²) in [5.41, 5.74) is 2.53. The lowest BCUT2D eigenvalue weighted by Crippen LogP contribution is -2.44. The molecule has 1 unspecified atom stereocenters. The van der Waals surface area contributed by atoms with Crippen LogP contribution in [0.3, 0.4) is 0 Å². The summed E-state index contributed by atoms with van der Waals surface area (Å²) in [6.07, 6.45) is 1.80. The minimum absolute atomic E-state index is 0.110. The number of benzene rings is 2. The van der Waals surface area contributed by atoms with Crippen LogP contribution in [0.5, 0.6) is 5.75 Å². The molecular weight excluding hydrogens is 380 g/mol. The molecule has 7 heteroatoms. The predicted octanol–water partition coefficient (Wildman–Crippen LogP) is 3.93. The molecule has 2 N–H and O–H groups in total. The van der Waals surface area contributed by atoms with Gasteiger partial charge in [-0.2, -0.15) is 0 Å². The van der Waals surface area contributed by atoms with Crippen molar-refractivity contribution in [1.29, 1.82) is 0 Å². The van der Waals surface area contributed by atoms with E-state index in [0.29, 0.717) is 14.9 Å². The van der Waals surface area contributed by atoms with E-state index in [-0.39, 0.29) is 17.6 Å². The molecule has 0 spiro atoms. The van der Waals surface area contributed by atoms with Crippen molar-refractivity contribution in [2.45, 2.75) is 19.9 Å². The minimum atomic E-state index is -0.755. The number of carbonyl (C=O) groups excluding carboxylic acids is 2. The summed E-state index contributed by atoms with van der Waals surface area (Å²) in [6.45, 7) is 3.61. The summed E-state index contributed by atoms with van der Waals surface area (Å²) in [4.78, 5) is 27.2. The number of aryl methyl sites for hydroxylation is 1. The largest absolute Gasteiger partial charge is 0.508 e. The molecule has 0 radical (unpaired) electrons. The van der Waals surface area contributed by atoms with Crippen LogP contribution >= 0.6 is 24.0 Å². The van der Waals surface area contributed by atoms with Gasteiger partial charge in [-0.3, -0.25) is 14.5 Å². The molecule has 0 saturated carbocycles. The van der Waals surface area contributed by atoms with E-state index in [1.165, 1.54) is 28.8 Å². The van der Waals surface area contributed by atoms with Gasteiger partial charge in [-0.25, -0.2) is 0 Å². The van der Waals surface area contributed by atoms with E-state index in [2.05, 4.69) is 5.32 Å². The Morgan fingerprint density at radius 3 is 2.56 bits per heavy atom. The van der Waals surface area contributed by atoms with Gasteiger partial charge in [0.15, 0.2) is 0 Å². The highest BCUT2D eigenvalue weighted by molar-refractivity contribution is 8.26. The van der Waals surface area contributed by atoms with Gasteiger partial charge in [-0.05, 0) is 55.3 Å². The summed E-state index contributed by atoms with van der Waals surface area (Å²) in [5.74, 6) is -0.518. The van der Waals surface area contributed by atoms with E-state index >= 15 is 0 Å². The fraction of sp³-hybridized carbons (Fsp3) is 0.150. The van der Waals surface area contributed by atoms with E-state index in [1.54, 1.807) is 25.1 Å². The van der Waals surface area contributed by atoms with Crippen molar-refractivity contribution in [1.82, 2.24) is 4.90 Å². The molecule has 1 fully saturated rings. The first-order valence-corrected chi connectivity index (χ1v) is 9.52. The third kappa shape index (κ3) is 4.20. The number of amides is 2.